The minimum atomic E-state index is -1.03. The highest BCUT2D eigenvalue weighted by Crippen LogP contribution is 2.22. The Morgan fingerprint density at radius 1 is 1.04 bits per heavy atom. The summed E-state index contributed by atoms with van der Waals surface area (Å²) in [5.74, 6) is -2.59. The predicted octanol–water partition coefficient (Wildman–Crippen LogP) is 2.88. The minimum absolute atomic E-state index is 0.00434. The van der Waals surface area contributed by atoms with Gasteiger partial charge in [0.25, 0.3) is 5.91 Å². The first-order valence-corrected chi connectivity index (χ1v) is 8.59. The van der Waals surface area contributed by atoms with Gasteiger partial charge in [-0.15, -0.1) is 0 Å². The fourth-order valence-electron chi connectivity index (χ4n) is 3.58. The average Bonchev–Trinajstić information content (AvgIpc) is 3.10. The Morgan fingerprint density at radius 3 is 2.50 bits per heavy atom. The van der Waals surface area contributed by atoms with Gasteiger partial charge in [-0.3, -0.25) is 9.59 Å². The molecule has 1 atom stereocenters. The third-order valence-corrected chi connectivity index (χ3v) is 4.95. The monoisotopic (exact) mass is 336 g/mol. The third kappa shape index (κ3) is 3.74. The zero-order valence-electron chi connectivity index (χ0n) is 13.6. The quantitative estimate of drug-likeness (QED) is 0.923. The molecule has 24 heavy (non-hydrogen) atoms. The van der Waals surface area contributed by atoms with E-state index in [2.05, 4.69) is 5.32 Å². The summed E-state index contributed by atoms with van der Waals surface area (Å²) in [6, 6.07) is 3.41. The van der Waals surface area contributed by atoms with E-state index < -0.39 is 11.6 Å². The fraction of sp³-hybridized carbons (Fsp3) is 0.556. The van der Waals surface area contributed by atoms with Gasteiger partial charge in [0.15, 0.2) is 11.6 Å². The number of likely N-dealkylation sites (tertiary alicyclic amines) is 1. The van der Waals surface area contributed by atoms with Gasteiger partial charge in [0.2, 0.25) is 5.91 Å². The lowest BCUT2D eigenvalue weighted by Crippen LogP contribution is -2.47. The number of benzene rings is 1. The average molecular weight is 336 g/mol. The van der Waals surface area contributed by atoms with Crippen molar-refractivity contribution in [1.29, 1.82) is 0 Å². The molecule has 2 amide bonds. The molecule has 0 unspecified atom stereocenters. The number of carbonyl (C=O) groups excluding carboxylic acids is 2. The SMILES string of the molecule is O=C(NC1CCCC1)[C@H]1CCCN(C(=O)c2ccc(F)c(F)c2)C1. The van der Waals surface area contributed by atoms with Crippen molar-refractivity contribution in [2.45, 2.75) is 44.6 Å². The maximum absolute atomic E-state index is 13.3. The van der Waals surface area contributed by atoms with Crippen LogP contribution in [0.25, 0.3) is 0 Å². The molecular weight excluding hydrogens is 314 g/mol. The zero-order valence-corrected chi connectivity index (χ0v) is 13.6. The number of hydrogen-bond donors (Lipinski definition) is 1. The van der Waals surface area contributed by atoms with E-state index in [9.17, 15) is 18.4 Å². The molecule has 2 fully saturated rings. The maximum Gasteiger partial charge on any atom is 0.253 e. The van der Waals surface area contributed by atoms with E-state index in [0.29, 0.717) is 13.1 Å². The van der Waals surface area contributed by atoms with Gasteiger partial charge in [-0.2, -0.15) is 0 Å². The molecule has 1 saturated carbocycles. The van der Waals surface area contributed by atoms with Gasteiger partial charge in [-0.25, -0.2) is 8.78 Å². The molecule has 1 aliphatic carbocycles. The Balaban J connectivity index is 1.62. The van der Waals surface area contributed by atoms with Crippen LogP contribution in [-0.2, 0) is 4.79 Å². The molecule has 2 aliphatic rings. The highest BCUT2D eigenvalue weighted by atomic mass is 19.2. The van der Waals surface area contributed by atoms with Crippen LogP contribution in [0.5, 0.6) is 0 Å². The molecule has 6 heteroatoms. The molecule has 130 valence electrons. The van der Waals surface area contributed by atoms with Crippen molar-refractivity contribution in [1.82, 2.24) is 10.2 Å². The molecule has 0 bridgehead atoms. The summed E-state index contributed by atoms with van der Waals surface area (Å²) >= 11 is 0. The van der Waals surface area contributed by atoms with E-state index in [4.69, 9.17) is 0 Å². The Morgan fingerprint density at radius 2 is 1.79 bits per heavy atom. The number of nitrogens with one attached hydrogen (secondary N) is 1. The van der Waals surface area contributed by atoms with Crippen LogP contribution in [0.15, 0.2) is 18.2 Å². The molecular formula is C18H22F2N2O2. The molecule has 0 spiro atoms. The highest BCUT2D eigenvalue weighted by Gasteiger charge is 2.30. The van der Waals surface area contributed by atoms with E-state index in [1.165, 1.54) is 6.07 Å². The lowest BCUT2D eigenvalue weighted by molar-refractivity contribution is -0.127. The van der Waals surface area contributed by atoms with Crippen LogP contribution in [0.1, 0.15) is 48.9 Å². The van der Waals surface area contributed by atoms with E-state index >= 15 is 0 Å². The van der Waals surface area contributed by atoms with Gasteiger partial charge >= 0.3 is 0 Å². The van der Waals surface area contributed by atoms with E-state index in [0.717, 1.165) is 50.7 Å². The molecule has 4 nitrogen and oxygen atoms in total. The van der Waals surface area contributed by atoms with Gasteiger partial charge in [0, 0.05) is 24.7 Å². The van der Waals surface area contributed by atoms with Crippen molar-refractivity contribution in [3.63, 3.8) is 0 Å². The first kappa shape index (κ1) is 16.9. The molecule has 3 rings (SSSR count). The molecule has 1 N–H and O–H groups in total. The first-order chi connectivity index (χ1) is 11.5. The molecule has 1 aromatic rings. The van der Waals surface area contributed by atoms with Crippen molar-refractivity contribution in [2.24, 2.45) is 5.92 Å². The van der Waals surface area contributed by atoms with Crippen molar-refractivity contribution >= 4 is 11.8 Å². The lowest BCUT2D eigenvalue weighted by atomic mass is 9.96. The number of halogens is 2. The van der Waals surface area contributed by atoms with Crippen LogP contribution in [0.4, 0.5) is 8.78 Å². The van der Waals surface area contributed by atoms with Crippen molar-refractivity contribution in [2.75, 3.05) is 13.1 Å². The number of amides is 2. The molecule has 1 aromatic carbocycles. The van der Waals surface area contributed by atoms with Crippen LogP contribution in [0, 0.1) is 17.6 Å². The van der Waals surface area contributed by atoms with Crippen LogP contribution in [-0.4, -0.2) is 35.8 Å². The van der Waals surface area contributed by atoms with Crippen LogP contribution in [0.2, 0.25) is 0 Å². The number of piperidine rings is 1. The van der Waals surface area contributed by atoms with E-state index in [-0.39, 0.29) is 29.3 Å². The second-order valence-electron chi connectivity index (χ2n) is 6.71. The number of rotatable bonds is 3. The Hall–Kier alpha value is -1.98. The first-order valence-electron chi connectivity index (χ1n) is 8.59. The summed E-state index contributed by atoms with van der Waals surface area (Å²) in [7, 11) is 0. The standard InChI is InChI=1S/C18H22F2N2O2/c19-15-8-7-12(10-16(15)20)18(24)22-9-3-4-13(11-22)17(23)21-14-5-1-2-6-14/h7-8,10,13-14H,1-6,9,11H2,(H,21,23)/t13-/m0/s1. The molecule has 0 radical (unpaired) electrons. The smallest absolute Gasteiger partial charge is 0.253 e. The molecule has 1 heterocycles. The number of nitrogens with zero attached hydrogens (tertiary/aromatic N) is 1. The highest BCUT2D eigenvalue weighted by molar-refractivity contribution is 5.94. The predicted molar refractivity (Wildman–Crippen MR) is 85.4 cm³/mol. The van der Waals surface area contributed by atoms with E-state index in [1.54, 1.807) is 4.90 Å². The summed E-state index contributed by atoms with van der Waals surface area (Å²) in [5, 5.41) is 3.08. The number of hydrogen-bond acceptors (Lipinski definition) is 2. The molecule has 1 aliphatic heterocycles. The molecule has 0 aromatic heterocycles. The Bertz CT molecular complexity index is 629. The van der Waals surface area contributed by atoms with Crippen molar-refractivity contribution in [3.8, 4) is 0 Å². The Labute approximate surface area is 140 Å². The summed E-state index contributed by atoms with van der Waals surface area (Å²) < 4.78 is 26.3. The lowest BCUT2D eigenvalue weighted by Gasteiger charge is -2.32. The maximum atomic E-state index is 13.3. The van der Waals surface area contributed by atoms with Crippen LogP contribution < -0.4 is 5.32 Å². The van der Waals surface area contributed by atoms with Gasteiger partial charge in [-0.05, 0) is 43.9 Å². The van der Waals surface area contributed by atoms with Crippen molar-refractivity contribution in [3.05, 3.63) is 35.4 Å². The summed E-state index contributed by atoms with van der Waals surface area (Å²) in [6.07, 6.45) is 5.83. The van der Waals surface area contributed by atoms with Crippen molar-refractivity contribution < 1.29 is 18.4 Å². The van der Waals surface area contributed by atoms with Gasteiger partial charge in [-0.1, -0.05) is 12.8 Å². The third-order valence-electron chi connectivity index (χ3n) is 4.95. The Kier molecular flexibility index (Phi) is 5.11. The molecule has 1 saturated heterocycles. The minimum Gasteiger partial charge on any atom is -0.353 e. The summed E-state index contributed by atoms with van der Waals surface area (Å²) in [6.45, 7) is 0.863. The van der Waals surface area contributed by atoms with Gasteiger partial charge in [0.1, 0.15) is 0 Å². The normalized spacial score (nSPS) is 21.8. The van der Waals surface area contributed by atoms with Crippen LogP contribution in [0.3, 0.4) is 0 Å². The van der Waals surface area contributed by atoms with Gasteiger partial charge < -0.3 is 10.2 Å². The fourth-order valence-corrected chi connectivity index (χ4v) is 3.58. The van der Waals surface area contributed by atoms with Gasteiger partial charge in [0.05, 0.1) is 5.92 Å². The van der Waals surface area contributed by atoms with Crippen LogP contribution >= 0.6 is 0 Å². The topological polar surface area (TPSA) is 49.4 Å². The summed E-state index contributed by atoms with van der Waals surface area (Å²) in [4.78, 5) is 26.4. The summed E-state index contributed by atoms with van der Waals surface area (Å²) in [5.41, 5.74) is 0.116. The number of carbonyl (C=O) groups is 2. The largest absolute Gasteiger partial charge is 0.353 e. The zero-order chi connectivity index (χ0) is 17.1. The van der Waals surface area contributed by atoms with E-state index in [1.807, 2.05) is 0 Å². The second kappa shape index (κ2) is 7.28. The second-order valence-corrected chi connectivity index (χ2v) is 6.71.